The molecule has 1 heterocycles. The summed E-state index contributed by atoms with van der Waals surface area (Å²) in [6, 6.07) is 0. The number of carbonyl (C=O) groups excluding carboxylic acids is 1. The van der Waals surface area contributed by atoms with Crippen molar-refractivity contribution in [1.82, 2.24) is 5.32 Å². The molecule has 16 heavy (non-hydrogen) atoms. The van der Waals surface area contributed by atoms with Gasteiger partial charge >= 0.3 is 0 Å². The Labute approximate surface area is 103 Å². The van der Waals surface area contributed by atoms with Gasteiger partial charge in [0.25, 0.3) is 0 Å². The van der Waals surface area contributed by atoms with Crippen LogP contribution in [-0.4, -0.2) is 30.5 Å². The van der Waals surface area contributed by atoms with Crippen molar-refractivity contribution < 1.29 is 9.53 Å². The van der Waals surface area contributed by atoms with Gasteiger partial charge in [0, 0.05) is 12.4 Å². The Kier molecular flexibility index (Phi) is 6.14. The van der Waals surface area contributed by atoms with Gasteiger partial charge in [-0.3, -0.25) is 4.79 Å². The molecule has 0 radical (unpaired) electrons. The van der Waals surface area contributed by atoms with E-state index in [-0.39, 0.29) is 18.1 Å². The Hall–Kier alpha value is -0.280. The van der Waals surface area contributed by atoms with Gasteiger partial charge in [-0.1, -0.05) is 13.3 Å². The molecule has 0 aromatic carbocycles. The molecule has 1 fully saturated rings. The van der Waals surface area contributed by atoms with Gasteiger partial charge in [-0.25, -0.2) is 0 Å². The average molecular weight is 248 g/mol. The van der Waals surface area contributed by atoms with Crippen LogP contribution in [-0.2, 0) is 9.53 Å². The van der Waals surface area contributed by atoms with Gasteiger partial charge in [-0.15, -0.1) is 11.6 Å². The van der Waals surface area contributed by atoms with E-state index in [1.807, 2.05) is 6.92 Å². The zero-order valence-electron chi connectivity index (χ0n) is 10.2. The Bertz CT molecular complexity index is 223. The Morgan fingerprint density at radius 3 is 2.81 bits per heavy atom. The second kappa shape index (κ2) is 7.13. The lowest BCUT2D eigenvalue weighted by Crippen LogP contribution is -2.37. The maximum absolute atomic E-state index is 11.7. The molecule has 3 unspecified atom stereocenters. The highest BCUT2D eigenvalue weighted by molar-refractivity contribution is 6.17. The predicted octanol–water partition coefficient (Wildman–Crippen LogP) is 2.33. The number of hydrogen-bond acceptors (Lipinski definition) is 2. The van der Waals surface area contributed by atoms with Crippen LogP contribution in [0.3, 0.4) is 0 Å². The van der Waals surface area contributed by atoms with E-state index in [1.165, 1.54) is 0 Å². The zero-order chi connectivity index (χ0) is 12.0. The van der Waals surface area contributed by atoms with Crippen LogP contribution in [0.15, 0.2) is 0 Å². The minimum atomic E-state index is -0.233. The van der Waals surface area contributed by atoms with Gasteiger partial charge in [0.2, 0.25) is 5.91 Å². The van der Waals surface area contributed by atoms with E-state index in [0.717, 1.165) is 32.2 Å². The SMILES string of the molecule is CCC(CCCl)CNC(=O)C1CCC(C)O1. The fraction of sp³-hybridized carbons (Fsp3) is 0.917. The third kappa shape index (κ3) is 4.30. The summed E-state index contributed by atoms with van der Waals surface area (Å²) in [4.78, 5) is 11.7. The maximum atomic E-state index is 11.7. The first-order valence-corrected chi connectivity index (χ1v) is 6.70. The van der Waals surface area contributed by atoms with Crippen LogP contribution in [0.2, 0.25) is 0 Å². The van der Waals surface area contributed by atoms with E-state index < -0.39 is 0 Å². The van der Waals surface area contributed by atoms with E-state index in [4.69, 9.17) is 16.3 Å². The summed E-state index contributed by atoms with van der Waals surface area (Å²) in [7, 11) is 0. The molecule has 3 atom stereocenters. The normalized spacial score (nSPS) is 26.7. The molecule has 3 nitrogen and oxygen atoms in total. The standard InChI is InChI=1S/C12H22ClNO2/c1-3-10(6-7-13)8-14-12(15)11-5-4-9(2)16-11/h9-11H,3-8H2,1-2H3,(H,14,15). The van der Waals surface area contributed by atoms with Crippen molar-refractivity contribution >= 4 is 17.5 Å². The average Bonchev–Trinajstić information content (AvgIpc) is 2.70. The Balaban J connectivity index is 2.23. The minimum Gasteiger partial charge on any atom is -0.365 e. The molecule has 1 aliphatic heterocycles. The maximum Gasteiger partial charge on any atom is 0.249 e. The second-order valence-electron chi connectivity index (χ2n) is 4.51. The molecular formula is C12H22ClNO2. The molecule has 0 aromatic rings. The van der Waals surface area contributed by atoms with Crippen LogP contribution in [0.5, 0.6) is 0 Å². The van der Waals surface area contributed by atoms with Crippen LogP contribution >= 0.6 is 11.6 Å². The molecule has 0 saturated carbocycles. The smallest absolute Gasteiger partial charge is 0.249 e. The van der Waals surface area contributed by atoms with Crippen molar-refractivity contribution in [3.63, 3.8) is 0 Å². The summed E-state index contributed by atoms with van der Waals surface area (Å²) in [6.45, 7) is 4.85. The lowest BCUT2D eigenvalue weighted by atomic mass is 10.0. The molecule has 0 bridgehead atoms. The van der Waals surface area contributed by atoms with Gasteiger partial charge in [0.05, 0.1) is 6.10 Å². The Morgan fingerprint density at radius 1 is 1.56 bits per heavy atom. The van der Waals surface area contributed by atoms with Crippen LogP contribution in [0, 0.1) is 5.92 Å². The van der Waals surface area contributed by atoms with Crippen LogP contribution in [0.25, 0.3) is 0 Å². The molecule has 4 heteroatoms. The van der Waals surface area contributed by atoms with Gasteiger partial charge in [-0.2, -0.15) is 0 Å². The van der Waals surface area contributed by atoms with E-state index in [2.05, 4.69) is 12.2 Å². The summed E-state index contributed by atoms with van der Waals surface area (Å²) < 4.78 is 5.51. The fourth-order valence-corrected chi connectivity index (χ4v) is 2.27. The molecule has 0 spiro atoms. The number of rotatable bonds is 6. The molecule has 0 aromatic heterocycles. The van der Waals surface area contributed by atoms with Crippen molar-refractivity contribution in [2.45, 2.75) is 51.7 Å². The zero-order valence-corrected chi connectivity index (χ0v) is 10.9. The number of alkyl halides is 1. The van der Waals surface area contributed by atoms with Gasteiger partial charge in [-0.05, 0) is 32.1 Å². The van der Waals surface area contributed by atoms with Crippen LogP contribution in [0.1, 0.15) is 39.5 Å². The van der Waals surface area contributed by atoms with Crippen molar-refractivity contribution in [2.24, 2.45) is 5.92 Å². The molecule has 1 saturated heterocycles. The molecule has 1 aliphatic rings. The van der Waals surface area contributed by atoms with E-state index in [9.17, 15) is 4.79 Å². The van der Waals surface area contributed by atoms with Crippen molar-refractivity contribution in [1.29, 1.82) is 0 Å². The number of halogens is 1. The summed E-state index contributed by atoms with van der Waals surface area (Å²) in [5.74, 6) is 1.18. The van der Waals surface area contributed by atoms with E-state index >= 15 is 0 Å². The third-order valence-corrected chi connectivity index (χ3v) is 3.40. The lowest BCUT2D eigenvalue weighted by Gasteiger charge is -2.16. The van der Waals surface area contributed by atoms with E-state index in [0.29, 0.717) is 11.8 Å². The fourth-order valence-electron chi connectivity index (χ4n) is 1.96. The second-order valence-corrected chi connectivity index (χ2v) is 4.89. The summed E-state index contributed by atoms with van der Waals surface area (Å²) in [5, 5.41) is 2.96. The van der Waals surface area contributed by atoms with Crippen LogP contribution in [0.4, 0.5) is 0 Å². The van der Waals surface area contributed by atoms with Crippen molar-refractivity contribution in [3.05, 3.63) is 0 Å². The largest absolute Gasteiger partial charge is 0.365 e. The number of amides is 1. The number of nitrogens with one attached hydrogen (secondary N) is 1. The molecule has 1 rings (SSSR count). The lowest BCUT2D eigenvalue weighted by molar-refractivity contribution is -0.131. The first-order chi connectivity index (χ1) is 7.67. The highest BCUT2D eigenvalue weighted by Gasteiger charge is 2.28. The quantitative estimate of drug-likeness (QED) is 0.732. The summed E-state index contributed by atoms with van der Waals surface area (Å²) in [5.41, 5.74) is 0. The molecule has 1 N–H and O–H groups in total. The number of ether oxygens (including phenoxy) is 1. The monoisotopic (exact) mass is 247 g/mol. The topological polar surface area (TPSA) is 38.3 Å². The molecule has 1 amide bonds. The predicted molar refractivity (Wildman–Crippen MR) is 65.7 cm³/mol. The summed E-state index contributed by atoms with van der Waals surface area (Å²) >= 11 is 5.70. The first-order valence-electron chi connectivity index (χ1n) is 6.16. The van der Waals surface area contributed by atoms with Crippen molar-refractivity contribution in [3.8, 4) is 0 Å². The van der Waals surface area contributed by atoms with Gasteiger partial charge in [0.1, 0.15) is 6.10 Å². The van der Waals surface area contributed by atoms with Gasteiger partial charge < -0.3 is 10.1 Å². The van der Waals surface area contributed by atoms with Crippen molar-refractivity contribution in [2.75, 3.05) is 12.4 Å². The Morgan fingerprint density at radius 2 is 2.31 bits per heavy atom. The highest BCUT2D eigenvalue weighted by atomic mass is 35.5. The minimum absolute atomic E-state index is 0.0392. The molecule has 94 valence electrons. The van der Waals surface area contributed by atoms with E-state index in [1.54, 1.807) is 0 Å². The molecular weight excluding hydrogens is 226 g/mol. The first kappa shape index (κ1) is 13.8. The number of carbonyl (C=O) groups is 1. The number of hydrogen-bond donors (Lipinski definition) is 1. The van der Waals surface area contributed by atoms with Crippen LogP contribution < -0.4 is 5.32 Å². The van der Waals surface area contributed by atoms with Gasteiger partial charge in [0.15, 0.2) is 0 Å². The highest BCUT2D eigenvalue weighted by Crippen LogP contribution is 2.19. The summed E-state index contributed by atoms with van der Waals surface area (Å²) in [6.07, 6.45) is 3.83. The third-order valence-electron chi connectivity index (χ3n) is 3.18. The molecule has 0 aliphatic carbocycles.